The molecule has 1 aliphatic rings. The number of amides is 2. The van der Waals surface area contributed by atoms with E-state index in [4.69, 9.17) is 4.42 Å². The molecular weight excluding hydrogens is 316 g/mol. The van der Waals surface area contributed by atoms with Gasteiger partial charge in [0.05, 0.1) is 6.54 Å². The number of nitrogens with zero attached hydrogens (tertiary/aromatic N) is 2. The third-order valence-corrected chi connectivity index (χ3v) is 4.41. The highest BCUT2D eigenvalue weighted by atomic mass is 16.3. The molecule has 0 bridgehead atoms. The van der Waals surface area contributed by atoms with Crippen LogP contribution in [0.2, 0.25) is 0 Å². The zero-order chi connectivity index (χ0) is 17.8. The molecule has 0 radical (unpaired) electrons. The molecule has 5 heteroatoms. The Hall–Kier alpha value is -2.56. The second kappa shape index (κ2) is 7.55. The van der Waals surface area contributed by atoms with Crippen LogP contribution >= 0.6 is 0 Å². The minimum absolute atomic E-state index is 0.0376. The van der Waals surface area contributed by atoms with Crippen molar-refractivity contribution in [2.45, 2.75) is 45.8 Å². The van der Waals surface area contributed by atoms with E-state index >= 15 is 0 Å². The summed E-state index contributed by atoms with van der Waals surface area (Å²) in [5, 5.41) is 0. The van der Waals surface area contributed by atoms with Gasteiger partial charge in [-0.3, -0.25) is 9.59 Å². The van der Waals surface area contributed by atoms with Gasteiger partial charge < -0.3 is 14.2 Å². The van der Waals surface area contributed by atoms with Gasteiger partial charge in [-0.15, -0.1) is 0 Å². The van der Waals surface area contributed by atoms with Crippen LogP contribution in [0.5, 0.6) is 0 Å². The molecule has 0 atom stereocenters. The molecule has 0 saturated heterocycles. The SMILES string of the molecule is CC(=O)N(CC(=O)N(Cc1ccccc1)Cc1ccc(C)o1)C1CC1. The van der Waals surface area contributed by atoms with E-state index in [2.05, 4.69) is 0 Å². The van der Waals surface area contributed by atoms with E-state index < -0.39 is 0 Å². The predicted octanol–water partition coefficient (Wildman–Crippen LogP) is 3.13. The number of hydrogen-bond donors (Lipinski definition) is 0. The number of aryl methyl sites for hydroxylation is 1. The Labute approximate surface area is 148 Å². The van der Waals surface area contributed by atoms with Crippen LogP contribution in [0.25, 0.3) is 0 Å². The first-order valence-corrected chi connectivity index (χ1v) is 8.67. The molecule has 5 nitrogen and oxygen atoms in total. The largest absolute Gasteiger partial charge is 0.464 e. The van der Waals surface area contributed by atoms with Gasteiger partial charge in [0.25, 0.3) is 0 Å². The summed E-state index contributed by atoms with van der Waals surface area (Å²) in [6.45, 7) is 4.45. The molecule has 0 aliphatic heterocycles. The molecule has 1 fully saturated rings. The highest BCUT2D eigenvalue weighted by Crippen LogP contribution is 2.27. The van der Waals surface area contributed by atoms with Crippen molar-refractivity contribution in [2.75, 3.05) is 6.54 Å². The maximum Gasteiger partial charge on any atom is 0.242 e. The Morgan fingerprint density at radius 2 is 1.80 bits per heavy atom. The quantitative estimate of drug-likeness (QED) is 0.778. The van der Waals surface area contributed by atoms with E-state index in [1.165, 1.54) is 6.92 Å². The molecule has 0 unspecified atom stereocenters. The fourth-order valence-electron chi connectivity index (χ4n) is 2.92. The Bertz CT molecular complexity index is 734. The van der Waals surface area contributed by atoms with E-state index in [9.17, 15) is 9.59 Å². The number of carbonyl (C=O) groups is 2. The number of benzene rings is 1. The van der Waals surface area contributed by atoms with Gasteiger partial charge >= 0.3 is 0 Å². The van der Waals surface area contributed by atoms with Crippen molar-refractivity contribution >= 4 is 11.8 Å². The number of carbonyl (C=O) groups excluding carboxylic acids is 2. The molecule has 1 aromatic heterocycles. The third kappa shape index (κ3) is 4.72. The predicted molar refractivity (Wildman–Crippen MR) is 94.6 cm³/mol. The van der Waals surface area contributed by atoms with Crippen molar-refractivity contribution in [1.29, 1.82) is 0 Å². The Morgan fingerprint density at radius 3 is 2.36 bits per heavy atom. The van der Waals surface area contributed by atoms with Crippen LogP contribution in [0, 0.1) is 6.92 Å². The molecule has 1 aliphatic carbocycles. The number of rotatable bonds is 7. The maximum absolute atomic E-state index is 12.9. The van der Waals surface area contributed by atoms with Crippen LogP contribution < -0.4 is 0 Å². The molecule has 132 valence electrons. The van der Waals surface area contributed by atoms with E-state index in [1.54, 1.807) is 9.80 Å². The average Bonchev–Trinajstić information content (AvgIpc) is 3.34. The van der Waals surface area contributed by atoms with Crippen molar-refractivity contribution in [2.24, 2.45) is 0 Å². The minimum Gasteiger partial charge on any atom is -0.464 e. The van der Waals surface area contributed by atoms with E-state index in [-0.39, 0.29) is 24.4 Å². The van der Waals surface area contributed by atoms with E-state index in [0.717, 1.165) is 29.9 Å². The lowest BCUT2D eigenvalue weighted by molar-refractivity contribution is -0.140. The molecule has 2 aromatic rings. The van der Waals surface area contributed by atoms with Gasteiger partial charge in [-0.05, 0) is 37.5 Å². The fraction of sp³-hybridized carbons (Fsp3) is 0.400. The second-order valence-electron chi connectivity index (χ2n) is 6.63. The molecule has 1 saturated carbocycles. The summed E-state index contributed by atoms with van der Waals surface area (Å²) in [7, 11) is 0. The van der Waals surface area contributed by atoms with Crippen LogP contribution in [-0.2, 0) is 22.7 Å². The van der Waals surface area contributed by atoms with Gasteiger partial charge in [-0.1, -0.05) is 30.3 Å². The van der Waals surface area contributed by atoms with Crippen LogP contribution in [0.3, 0.4) is 0 Å². The molecule has 1 aromatic carbocycles. The van der Waals surface area contributed by atoms with Crippen molar-refractivity contribution in [3.05, 3.63) is 59.5 Å². The lowest BCUT2D eigenvalue weighted by atomic mass is 10.2. The van der Waals surface area contributed by atoms with Gasteiger partial charge in [-0.2, -0.15) is 0 Å². The first-order valence-electron chi connectivity index (χ1n) is 8.67. The highest BCUT2D eigenvalue weighted by molar-refractivity contribution is 5.84. The van der Waals surface area contributed by atoms with Crippen LogP contribution in [0.15, 0.2) is 46.9 Å². The van der Waals surface area contributed by atoms with Gasteiger partial charge in [-0.25, -0.2) is 0 Å². The van der Waals surface area contributed by atoms with Crippen molar-refractivity contribution in [3.63, 3.8) is 0 Å². The normalized spacial score (nSPS) is 13.5. The molecule has 25 heavy (non-hydrogen) atoms. The summed E-state index contributed by atoms with van der Waals surface area (Å²) >= 11 is 0. The lowest BCUT2D eigenvalue weighted by Crippen LogP contribution is -2.42. The lowest BCUT2D eigenvalue weighted by Gasteiger charge is -2.26. The Kier molecular flexibility index (Phi) is 5.22. The van der Waals surface area contributed by atoms with E-state index in [0.29, 0.717) is 13.1 Å². The Balaban J connectivity index is 1.74. The number of furan rings is 1. The first kappa shape index (κ1) is 17.3. The van der Waals surface area contributed by atoms with Crippen LogP contribution in [0.4, 0.5) is 0 Å². The summed E-state index contributed by atoms with van der Waals surface area (Å²) in [4.78, 5) is 28.2. The van der Waals surface area contributed by atoms with Crippen molar-refractivity contribution in [3.8, 4) is 0 Å². The zero-order valence-corrected chi connectivity index (χ0v) is 14.8. The molecule has 2 amide bonds. The minimum atomic E-state index is -0.0555. The monoisotopic (exact) mass is 340 g/mol. The summed E-state index contributed by atoms with van der Waals surface area (Å²) in [6.07, 6.45) is 1.98. The summed E-state index contributed by atoms with van der Waals surface area (Å²) in [6, 6.07) is 13.9. The topological polar surface area (TPSA) is 53.8 Å². The van der Waals surface area contributed by atoms with E-state index in [1.807, 2.05) is 49.4 Å². The third-order valence-electron chi connectivity index (χ3n) is 4.41. The number of hydrogen-bond acceptors (Lipinski definition) is 3. The van der Waals surface area contributed by atoms with Gasteiger partial charge in [0, 0.05) is 19.5 Å². The average molecular weight is 340 g/mol. The summed E-state index contributed by atoms with van der Waals surface area (Å²) in [5.74, 6) is 1.48. The standard InChI is InChI=1S/C20H24N2O3/c1-15-8-11-19(25-15)13-21(12-17-6-4-3-5-7-17)20(24)14-22(16(2)23)18-9-10-18/h3-8,11,18H,9-10,12-14H2,1-2H3. The van der Waals surface area contributed by atoms with Gasteiger partial charge in [0.2, 0.25) is 11.8 Å². The molecule has 0 spiro atoms. The maximum atomic E-state index is 12.9. The van der Waals surface area contributed by atoms with Gasteiger partial charge in [0.1, 0.15) is 18.1 Å². The van der Waals surface area contributed by atoms with Gasteiger partial charge in [0.15, 0.2) is 0 Å². The molecular formula is C20H24N2O3. The molecule has 3 rings (SSSR count). The molecule has 1 heterocycles. The zero-order valence-electron chi connectivity index (χ0n) is 14.8. The smallest absolute Gasteiger partial charge is 0.242 e. The summed E-state index contributed by atoms with van der Waals surface area (Å²) in [5.41, 5.74) is 1.06. The second-order valence-corrected chi connectivity index (χ2v) is 6.63. The first-order chi connectivity index (χ1) is 12.0. The van der Waals surface area contributed by atoms with Crippen LogP contribution in [0.1, 0.15) is 36.8 Å². The van der Waals surface area contributed by atoms with Crippen LogP contribution in [-0.4, -0.2) is 34.2 Å². The Morgan fingerprint density at radius 1 is 1.08 bits per heavy atom. The summed E-state index contributed by atoms with van der Waals surface area (Å²) < 4.78 is 5.64. The molecule has 0 N–H and O–H groups in total. The van der Waals surface area contributed by atoms with Crippen molar-refractivity contribution < 1.29 is 14.0 Å². The fourth-order valence-corrected chi connectivity index (χ4v) is 2.92. The van der Waals surface area contributed by atoms with Crippen molar-refractivity contribution in [1.82, 2.24) is 9.80 Å². The highest BCUT2D eigenvalue weighted by Gasteiger charge is 2.33.